The van der Waals surface area contributed by atoms with Crippen molar-refractivity contribution in [3.8, 4) is 0 Å². The number of rotatable bonds is 6. The number of carbonyl (C=O) groups excluding carboxylic acids is 2. The van der Waals surface area contributed by atoms with Crippen LogP contribution in [0.2, 0.25) is 0 Å². The summed E-state index contributed by atoms with van der Waals surface area (Å²) in [7, 11) is 0. The predicted molar refractivity (Wildman–Crippen MR) is 158 cm³/mol. The number of aromatic nitrogens is 1. The van der Waals surface area contributed by atoms with Crippen molar-refractivity contribution in [2.75, 3.05) is 6.61 Å². The molecule has 0 aliphatic carbocycles. The van der Waals surface area contributed by atoms with Crippen molar-refractivity contribution in [2.45, 2.75) is 19.0 Å². The van der Waals surface area contributed by atoms with Gasteiger partial charge in [0.05, 0.1) is 18.9 Å². The lowest BCUT2D eigenvalue weighted by molar-refractivity contribution is -0.153. The van der Waals surface area contributed by atoms with Gasteiger partial charge in [0.2, 0.25) is 5.43 Å². The highest BCUT2D eigenvalue weighted by molar-refractivity contribution is 14.1. The Morgan fingerprint density at radius 2 is 1.59 bits per heavy atom. The minimum atomic E-state index is -0.571. The number of halogens is 2. The lowest BCUT2D eigenvalue weighted by atomic mass is 9.97. The fourth-order valence-electron chi connectivity index (χ4n) is 4.27. The number of hydrogen-bond donors (Lipinski definition) is 0. The zero-order valence-corrected chi connectivity index (χ0v) is 23.8. The van der Waals surface area contributed by atoms with E-state index in [9.17, 15) is 14.4 Å². The van der Waals surface area contributed by atoms with Gasteiger partial charge in [0.25, 0.3) is 5.91 Å². The summed E-state index contributed by atoms with van der Waals surface area (Å²) in [4.78, 5) is 37.6. The Balaban J connectivity index is 1.34. The van der Waals surface area contributed by atoms with Crippen molar-refractivity contribution < 1.29 is 14.3 Å². The number of ether oxygens (including phenoxy) is 1. The molecule has 3 aromatic carbocycles. The van der Waals surface area contributed by atoms with Crippen LogP contribution in [0.25, 0.3) is 10.8 Å². The third kappa shape index (κ3) is 5.77. The van der Waals surface area contributed by atoms with Gasteiger partial charge in [0.15, 0.2) is 6.61 Å². The van der Waals surface area contributed by atoms with Crippen molar-refractivity contribution >= 4 is 73.5 Å². The van der Waals surface area contributed by atoms with E-state index in [1.807, 2.05) is 93.7 Å². The number of hydrogen-bond acceptors (Lipinski definition) is 5. The van der Waals surface area contributed by atoms with Crippen LogP contribution in [0, 0.1) is 7.14 Å². The van der Waals surface area contributed by atoms with Crippen molar-refractivity contribution in [1.82, 2.24) is 9.58 Å². The van der Waals surface area contributed by atoms with Crippen LogP contribution in [-0.4, -0.2) is 33.8 Å². The van der Waals surface area contributed by atoms with Gasteiger partial charge in [-0.3, -0.25) is 14.4 Å². The van der Waals surface area contributed by atoms with Crippen molar-refractivity contribution in [2.24, 2.45) is 5.10 Å². The van der Waals surface area contributed by atoms with Crippen molar-refractivity contribution in [1.29, 1.82) is 0 Å². The first kappa shape index (κ1) is 25.6. The molecule has 0 saturated heterocycles. The Bertz CT molecular complexity index is 1560. The SMILES string of the molecule is O=C(Cn1cc(I)c(=O)c(I)c1)OCC(=O)N1N=C(c2ccc3ccccc3c2)C[C@H]1c1ccccc1. The molecule has 1 aromatic heterocycles. The molecule has 0 unspecified atom stereocenters. The van der Waals surface area contributed by atoms with Gasteiger partial charge < -0.3 is 9.30 Å². The van der Waals surface area contributed by atoms with Crippen LogP contribution in [0.4, 0.5) is 0 Å². The van der Waals surface area contributed by atoms with Gasteiger partial charge in [-0.25, -0.2) is 5.01 Å². The molecule has 1 amide bonds. The molecule has 0 N–H and O–H groups in total. The molecular weight excluding hydrogens is 696 g/mol. The van der Waals surface area contributed by atoms with Gasteiger partial charge in [-0.15, -0.1) is 0 Å². The van der Waals surface area contributed by atoms with Gasteiger partial charge in [0.1, 0.15) is 6.54 Å². The second kappa shape index (κ2) is 11.1. The average Bonchev–Trinajstić information content (AvgIpc) is 3.36. The maximum atomic E-state index is 13.2. The van der Waals surface area contributed by atoms with Gasteiger partial charge in [-0.05, 0) is 73.1 Å². The van der Waals surface area contributed by atoms with E-state index in [0.29, 0.717) is 13.6 Å². The van der Waals surface area contributed by atoms with Gasteiger partial charge in [-0.1, -0.05) is 66.7 Å². The summed E-state index contributed by atoms with van der Waals surface area (Å²) >= 11 is 3.87. The molecule has 0 bridgehead atoms. The van der Waals surface area contributed by atoms with E-state index >= 15 is 0 Å². The number of amides is 1. The molecule has 0 saturated carbocycles. The molecule has 37 heavy (non-hydrogen) atoms. The molecule has 0 spiro atoms. The highest BCUT2D eigenvalue weighted by Gasteiger charge is 2.33. The first-order valence-electron chi connectivity index (χ1n) is 11.5. The normalized spacial score (nSPS) is 15.0. The lowest BCUT2D eigenvalue weighted by Gasteiger charge is -2.22. The molecule has 0 radical (unpaired) electrons. The quantitative estimate of drug-likeness (QED) is 0.205. The van der Waals surface area contributed by atoms with Gasteiger partial charge >= 0.3 is 5.97 Å². The number of nitrogens with zero attached hydrogens (tertiary/aromatic N) is 3. The van der Waals surface area contributed by atoms with Gasteiger partial charge in [-0.2, -0.15) is 5.10 Å². The fraction of sp³-hybridized carbons (Fsp3) is 0.143. The van der Waals surface area contributed by atoms with Gasteiger partial charge in [0, 0.05) is 18.8 Å². The zero-order valence-electron chi connectivity index (χ0n) is 19.5. The Hall–Kier alpha value is -3.06. The summed E-state index contributed by atoms with van der Waals surface area (Å²) in [6.07, 6.45) is 3.72. The highest BCUT2D eigenvalue weighted by Crippen LogP contribution is 2.33. The largest absolute Gasteiger partial charge is 0.454 e. The Morgan fingerprint density at radius 1 is 0.919 bits per heavy atom. The third-order valence-corrected chi connectivity index (χ3v) is 7.63. The summed E-state index contributed by atoms with van der Waals surface area (Å²) in [5.74, 6) is -0.972. The number of fused-ring (bicyclic) bond motifs is 1. The molecule has 7 nitrogen and oxygen atoms in total. The number of benzene rings is 3. The predicted octanol–water partition coefficient (Wildman–Crippen LogP) is 5.13. The van der Waals surface area contributed by atoms with E-state index in [0.717, 1.165) is 27.6 Å². The fourth-order valence-corrected chi connectivity index (χ4v) is 6.09. The summed E-state index contributed by atoms with van der Waals surface area (Å²) in [5, 5.41) is 8.35. The summed E-state index contributed by atoms with van der Waals surface area (Å²) in [5.41, 5.74) is 2.63. The topological polar surface area (TPSA) is 81.0 Å². The summed E-state index contributed by atoms with van der Waals surface area (Å²) < 4.78 is 7.90. The molecule has 1 atom stereocenters. The smallest absolute Gasteiger partial charge is 0.326 e. The molecule has 186 valence electrons. The number of esters is 1. The minimum Gasteiger partial charge on any atom is -0.454 e. The van der Waals surface area contributed by atoms with Crippen molar-refractivity contribution in [3.63, 3.8) is 0 Å². The highest BCUT2D eigenvalue weighted by atomic mass is 127. The van der Waals surface area contributed by atoms with Crippen LogP contribution in [0.1, 0.15) is 23.6 Å². The van der Waals surface area contributed by atoms with Crippen LogP contribution >= 0.6 is 45.2 Å². The van der Waals surface area contributed by atoms with Crippen LogP contribution in [0.15, 0.2) is 95.1 Å². The number of pyridine rings is 1. The number of carbonyl (C=O) groups is 2. The molecular formula is C28H21I2N3O4. The third-order valence-electron chi connectivity index (χ3n) is 6.09. The monoisotopic (exact) mass is 717 g/mol. The summed E-state index contributed by atoms with van der Waals surface area (Å²) in [6.45, 7) is -0.529. The van der Waals surface area contributed by atoms with E-state index in [-0.39, 0.29) is 18.0 Å². The lowest BCUT2D eigenvalue weighted by Crippen LogP contribution is -2.32. The van der Waals surface area contributed by atoms with Crippen LogP contribution in [0.3, 0.4) is 0 Å². The van der Waals surface area contributed by atoms with Crippen molar-refractivity contribution in [3.05, 3.63) is 114 Å². The van der Waals surface area contributed by atoms with E-state index in [1.165, 1.54) is 5.01 Å². The second-order valence-electron chi connectivity index (χ2n) is 8.59. The van der Waals surface area contributed by atoms with E-state index in [4.69, 9.17) is 4.74 Å². The first-order chi connectivity index (χ1) is 17.9. The minimum absolute atomic E-state index is 0.0814. The molecule has 5 rings (SSSR count). The second-order valence-corrected chi connectivity index (χ2v) is 10.9. The van der Waals surface area contributed by atoms with Crippen LogP contribution in [-0.2, 0) is 20.9 Å². The Labute approximate surface area is 240 Å². The number of hydrazone groups is 1. The molecule has 1 aliphatic rings. The zero-order chi connectivity index (χ0) is 25.9. The maximum Gasteiger partial charge on any atom is 0.326 e. The molecule has 2 heterocycles. The van der Waals surface area contributed by atoms with E-state index < -0.39 is 18.5 Å². The maximum absolute atomic E-state index is 13.2. The molecule has 4 aromatic rings. The first-order valence-corrected chi connectivity index (χ1v) is 13.7. The molecule has 9 heteroatoms. The Kier molecular flexibility index (Phi) is 7.70. The average molecular weight is 717 g/mol. The summed E-state index contributed by atoms with van der Waals surface area (Å²) in [6, 6.07) is 23.7. The standard InChI is InChI=1S/C28H21I2N3O4/c29-22-14-32(15-23(30)28(22)36)16-27(35)37-17-26(34)33-25(19-7-2-1-3-8-19)13-24(31-33)21-11-10-18-6-4-5-9-20(18)12-21/h1-12,14-15,25H,13,16-17H2/t25-/m0/s1. The van der Waals surface area contributed by atoms with Crippen LogP contribution < -0.4 is 5.43 Å². The van der Waals surface area contributed by atoms with Crippen LogP contribution in [0.5, 0.6) is 0 Å². The Morgan fingerprint density at radius 3 is 2.32 bits per heavy atom. The van der Waals surface area contributed by atoms with E-state index in [1.54, 1.807) is 17.0 Å². The van der Waals surface area contributed by atoms with E-state index in [2.05, 4.69) is 29.4 Å². The molecule has 0 fully saturated rings. The molecule has 1 aliphatic heterocycles.